The number of hydrogen-bond acceptors (Lipinski definition) is 3. The molecule has 0 unspecified atom stereocenters. The van der Waals surface area contributed by atoms with Gasteiger partial charge in [0.1, 0.15) is 0 Å². The van der Waals surface area contributed by atoms with Crippen LogP contribution >= 0.6 is 12.4 Å². The predicted octanol–water partition coefficient (Wildman–Crippen LogP) is 0.962. The molecule has 0 saturated heterocycles. The molecule has 0 atom stereocenters. The summed E-state index contributed by atoms with van der Waals surface area (Å²) in [5, 5.41) is 3.19. The van der Waals surface area contributed by atoms with E-state index in [0.717, 1.165) is 18.7 Å². The predicted molar refractivity (Wildman–Crippen MR) is 65.1 cm³/mol. The molecule has 0 bridgehead atoms. The Kier molecular flexibility index (Phi) is 3.96. The lowest BCUT2D eigenvalue weighted by Crippen LogP contribution is -2.22. The van der Waals surface area contributed by atoms with Gasteiger partial charge < -0.3 is 5.32 Å². The molecule has 1 heterocycles. The minimum absolute atomic E-state index is 0. The highest BCUT2D eigenvalue weighted by Crippen LogP contribution is 2.21. The molecule has 6 heteroatoms. The van der Waals surface area contributed by atoms with Crippen molar-refractivity contribution in [3.8, 4) is 0 Å². The fourth-order valence-corrected chi connectivity index (χ4v) is 2.60. The highest BCUT2D eigenvalue weighted by Gasteiger charge is 2.19. The van der Waals surface area contributed by atoms with E-state index in [9.17, 15) is 8.42 Å². The maximum absolute atomic E-state index is 11.8. The smallest absolute Gasteiger partial charge is 0.242 e. The molecule has 0 fully saturated rings. The normalized spacial score (nSPS) is 14.7. The monoisotopic (exact) mass is 262 g/mol. The lowest BCUT2D eigenvalue weighted by Gasteiger charge is -2.12. The number of nitrogens with one attached hydrogen (secondary N) is 1. The fourth-order valence-electron chi connectivity index (χ4n) is 1.64. The Morgan fingerprint density at radius 2 is 1.81 bits per heavy atom. The molecule has 0 radical (unpaired) electrons. The third-order valence-electron chi connectivity index (χ3n) is 2.59. The van der Waals surface area contributed by atoms with Crippen LogP contribution < -0.4 is 5.32 Å². The van der Waals surface area contributed by atoms with Gasteiger partial charge in [-0.15, -0.1) is 12.4 Å². The van der Waals surface area contributed by atoms with Crippen LogP contribution in [0.4, 0.5) is 0 Å². The van der Waals surface area contributed by atoms with Gasteiger partial charge in [0.15, 0.2) is 0 Å². The maximum Gasteiger partial charge on any atom is 0.242 e. The fraction of sp³-hybridized carbons (Fsp3) is 0.400. The van der Waals surface area contributed by atoms with Crippen molar-refractivity contribution in [2.24, 2.45) is 0 Å². The first-order valence-electron chi connectivity index (χ1n) is 4.77. The molecular weight excluding hydrogens is 248 g/mol. The Morgan fingerprint density at radius 1 is 1.19 bits per heavy atom. The number of benzene rings is 1. The summed E-state index contributed by atoms with van der Waals surface area (Å²) in [5.74, 6) is 0. The molecule has 2 rings (SSSR count). The summed E-state index contributed by atoms with van der Waals surface area (Å²) in [4.78, 5) is 0.370. The highest BCUT2D eigenvalue weighted by molar-refractivity contribution is 7.89. The van der Waals surface area contributed by atoms with Crippen LogP contribution in [0.3, 0.4) is 0 Å². The second kappa shape index (κ2) is 4.71. The van der Waals surface area contributed by atoms with E-state index in [2.05, 4.69) is 5.32 Å². The summed E-state index contributed by atoms with van der Waals surface area (Å²) < 4.78 is 24.9. The molecule has 1 aliphatic rings. The molecule has 16 heavy (non-hydrogen) atoms. The molecule has 0 aromatic heterocycles. The quantitative estimate of drug-likeness (QED) is 0.864. The van der Waals surface area contributed by atoms with Gasteiger partial charge in [-0.2, -0.15) is 0 Å². The number of fused-ring (bicyclic) bond motifs is 1. The molecule has 0 amide bonds. The molecule has 0 spiro atoms. The molecule has 1 aliphatic heterocycles. The number of hydrogen-bond donors (Lipinski definition) is 1. The van der Waals surface area contributed by atoms with Crippen molar-refractivity contribution in [3.05, 3.63) is 29.3 Å². The molecule has 1 aromatic carbocycles. The second-order valence-corrected chi connectivity index (χ2v) is 5.97. The van der Waals surface area contributed by atoms with E-state index < -0.39 is 10.0 Å². The van der Waals surface area contributed by atoms with Gasteiger partial charge >= 0.3 is 0 Å². The van der Waals surface area contributed by atoms with Crippen molar-refractivity contribution in [2.75, 3.05) is 14.1 Å². The summed E-state index contributed by atoms with van der Waals surface area (Å²) in [6, 6.07) is 5.30. The van der Waals surface area contributed by atoms with Crippen molar-refractivity contribution in [3.63, 3.8) is 0 Å². The van der Waals surface area contributed by atoms with Crippen molar-refractivity contribution >= 4 is 22.4 Å². The molecular formula is C10H15ClN2O2S. The first-order chi connectivity index (χ1) is 7.01. The van der Waals surface area contributed by atoms with E-state index in [-0.39, 0.29) is 12.4 Å². The zero-order chi connectivity index (χ0) is 11.1. The largest absolute Gasteiger partial charge is 0.309 e. The zero-order valence-corrected chi connectivity index (χ0v) is 10.9. The third-order valence-corrected chi connectivity index (χ3v) is 4.40. The number of nitrogens with zero attached hydrogens (tertiary/aromatic N) is 1. The van der Waals surface area contributed by atoms with Crippen LogP contribution in [0.1, 0.15) is 11.1 Å². The number of sulfonamides is 1. The van der Waals surface area contributed by atoms with E-state index in [1.54, 1.807) is 26.2 Å². The minimum atomic E-state index is -3.29. The van der Waals surface area contributed by atoms with Gasteiger partial charge in [-0.25, -0.2) is 12.7 Å². The van der Waals surface area contributed by atoms with Crippen LogP contribution in [0, 0.1) is 0 Å². The zero-order valence-electron chi connectivity index (χ0n) is 9.23. The lowest BCUT2D eigenvalue weighted by molar-refractivity contribution is 0.520. The van der Waals surface area contributed by atoms with Gasteiger partial charge in [0.2, 0.25) is 10.0 Å². The van der Waals surface area contributed by atoms with Crippen LogP contribution in [-0.2, 0) is 23.1 Å². The van der Waals surface area contributed by atoms with E-state index in [1.165, 1.54) is 9.87 Å². The van der Waals surface area contributed by atoms with Crippen LogP contribution in [0.5, 0.6) is 0 Å². The second-order valence-electron chi connectivity index (χ2n) is 3.82. The van der Waals surface area contributed by atoms with E-state index >= 15 is 0 Å². The average molecular weight is 263 g/mol. The Morgan fingerprint density at radius 3 is 2.44 bits per heavy atom. The van der Waals surface area contributed by atoms with Crippen molar-refractivity contribution < 1.29 is 8.42 Å². The SMILES string of the molecule is CN(C)S(=O)(=O)c1ccc2c(c1)CNC2.Cl. The maximum atomic E-state index is 11.8. The van der Waals surface area contributed by atoms with E-state index in [4.69, 9.17) is 0 Å². The number of halogens is 1. The van der Waals surface area contributed by atoms with E-state index in [0.29, 0.717) is 4.90 Å². The van der Waals surface area contributed by atoms with Crippen molar-refractivity contribution in [1.82, 2.24) is 9.62 Å². The molecule has 0 aliphatic carbocycles. The van der Waals surface area contributed by atoms with Gasteiger partial charge in [-0.05, 0) is 23.3 Å². The molecule has 1 N–H and O–H groups in total. The Hall–Kier alpha value is -0.620. The van der Waals surface area contributed by atoms with Gasteiger partial charge in [-0.1, -0.05) is 6.07 Å². The summed E-state index contributed by atoms with van der Waals surface area (Å²) >= 11 is 0. The molecule has 4 nitrogen and oxygen atoms in total. The summed E-state index contributed by atoms with van der Waals surface area (Å²) in [7, 11) is -0.208. The number of rotatable bonds is 2. The Balaban J connectivity index is 0.00000128. The highest BCUT2D eigenvalue weighted by atomic mass is 35.5. The Labute approximate surface area is 102 Å². The van der Waals surface area contributed by atoms with Crippen molar-refractivity contribution in [1.29, 1.82) is 0 Å². The first kappa shape index (κ1) is 13.4. The summed E-state index contributed by atoms with van der Waals surface area (Å²) in [6.07, 6.45) is 0. The van der Waals surface area contributed by atoms with E-state index in [1.807, 2.05) is 6.07 Å². The first-order valence-corrected chi connectivity index (χ1v) is 6.21. The average Bonchev–Trinajstić information content (AvgIpc) is 2.63. The van der Waals surface area contributed by atoms with Gasteiger partial charge in [0.05, 0.1) is 4.90 Å². The minimum Gasteiger partial charge on any atom is -0.309 e. The third kappa shape index (κ3) is 2.22. The van der Waals surface area contributed by atoms with Crippen molar-refractivity contribution in [2.45, 2.75) is 18.0 Å². The van der Waals surface area contributed by atoms with Gasteiger partial charge in [-0.3, -0.25) is 0 Å². The van der Waals surface area contributed by atoms with Gasteiger partial charge in [0.25, 0.3) is 0 Å². The Bertz CT molecular complexity index is 486. The standard InChI is InChI=1S/C10H14N2O2S.ClH/c1-12(2)15(13,14)10-4-3-8-6-11-7-9(8)5-10;/h3-5,11H,6-7H2,1-2H3;1H. The van der Waals surface area contributed by atoms with Crippen LogP contribution in [-0.4, -0.2) is 26.8 Å². The summed E-state index contributed by atoms with van der Waals surface area (Å²) in [5.41, 5.74) is 2.27. The topological polar surface area (TPSA) is 49.4 Å². The molecule has 1 aromatic rings. The molecule has 90 valence electrons. The van der Waals surface area contributed by atoms with Crippen LogP contribution in [0.15, 0.2) is 23.1 Å². The van der Waals surface area contributed by atoms with Gasteiger partial charge in [0, 0.05) is 27.2 Å². The lowest BCUT2D eigenvalue weighted by atomic mass is 10.1. The summed E-state index contributed by atoms with van der Waals surface area (Å²) in [6.45, 7) is 1.59. The van der Waals surface area contributed by atoms with Crippen LogP contribution in [0.25, 0.3) is 0 Å². The molecule has 0 saturated carbocycles. The van der Waals surface area contributed by atoms with Crippen LogP contribution in [0.2, 0.25) is 0 Å².